The molecule has 3 rings (SSSR count). The maximum atomic E-state index is 12.8. The van der Waals surface area contributed by atoms with E-state index in [-0.39, 0.29) is 21.9 Å². The first kappa shape index (κ1) is 19.1. The van der Waals surface area contributed by atoms with Gasteiger partial charge in [0.1, 0.15) is 10.5 Å². The molecule has 3 aromatic heterocycles. The fourth-order valence-electron chi connectivity index (χ4n) is 2.64. The van der Waals surface area contributed by atoms with Crippen molar-refractivity contribution in [3.8, 4) is 10.4 Å². The number of carbonyl (C=O) groups is 1. The Balaban J connectivity index is 1.99. The number of nitrogens with zero attached hydrogens (tertiary/aromatic N) is 2. The van der Waals surface area contributed by atoms with Gasteiger partial charge < -0.3 is 10.7 Å². The highest BCUT2D eigenvalue weighted by molar-refractivity contribution is 7.92. The first-order chi connectivity index (χ1) is 12.7. The molecule has 10 heteroatoms. The molecule has 0 radical (unpaired) electrons. The lowest BCUT2D eigenvalue weighted by molar-refractivity contribution is -0.117. The lowest BCUT2D eigenvalue weighted by atomic mass is 10.1. The quantitative estimate of drug-likeness (QED) is 0.640. The Morgan fingerprint density at radius 3 is 2.78 bits per heavy atom. The van der Waals surface area contributed by atoms with Gasteiger partial charge in [-0.3, -0.25) is 9.59 Å². The second kappa shape index (κ2) is 7.12. The molecule has 1 amide bonds. The van der Waals surface area contributed by atoms with Crippen LogP contribution in [0, 0.1) is 6.92 Å². The number of primary amides is 1. The molecule has 3 N–H and O–H groups in total. The molecule has 27 heavy (non-hydrogen) atoms. The number of nitrogens with two attached hydrogens (primary N) is 1. The molecule has 0 atom stereocenters. The van der Waals surface area contributed by atoms with Crippen molar-refractivity contribution < 1.29 is 13.2 Å². The summed E-state index contributed by atoms with van der Waals surface area (Å²) in [7, 11) is -3.83. The van der Waals surface area contributed by atoms with E-state index in [1.807, 2.05) is 6.92 Å². The van der Waals surface area contributed by atoms with Gasteiger partial charge >= 0.3 is 0 Å². The summed E-state index contributed by atoms with van der Waals surface area (Å²) in [5, 5.41) is 0. The lowest BCUT2D eigenvalue weighted by Gasteiger charge is -2.06. The Morgan fingerprint density at radius 1 is 1.37 bits per heavy atom. The van der Waals surface area contributed by atoms with Crippen molar-refractivity contribution in [2.75, 3.05) is 0 Å². The summed E-state index contributed by atoms with van der Waals surface area (Å²) in [5.74, 6) is -0.587. The van der Waals surface area contributed by atoms with Crippen molar-refractivity contribution in [2.45, 2.75) is 30.9 Å². The number of hydrogen-bond acceptors (Lipinski definition) is 6. The van der Waals surface area contributed by atoms with Crippen LogP contribution in [0.3, 0.4) is 0 Å². The fraction of sp³-hybridized carbons (Fsp3) is 0.235. The van der Waals surface area contributed by atoms with E-state index in [0.717, 1.165) is 32.1 Å². The molecule has 0 aliphatic carbocycles. The van der Waals surface area contributed by atoms with E-state index >= 15 is 0 Å². The Bertz CT molecular complexity index is 1170. The van der Waals surface area contributed by atoms with Gasteiger partial charge in [-0.1, -0.05) is 6.92 Å². The predicted molar refractivity (Wildman–Crippen MR) is 102 cm³/mol. The summed E-state index contributed by atoms with van der Waals surface area (Å²) in [6.07, 6.45) is 2.87. The van der Waals surface area contributed by atoms with E-state index in [0.29, 0.717) is 17.7 Å². The Labute approximate surface area is 159 Å². The van der Waals surface area contributed by atoms with Crippen molar-refractivity contribution in [1.82, 2.24) is 13.9 Å². The molecule has 0 fully saturated rings. The number of H-pyrrole nitrogens is 1. The second-order valence-corrected chi connectivity index (χ2v) is 9.13. The van der Waals surface area contributed by atoms with Gasteiger partial charge in [-0.05, 0) is 31.5 Å². The number of aromatic nitrogens is 3. The summed E-state index contributed by atoms with van der Waals surface area (Å²) in [6.45, 7) is 3.66. The Hall–Kier alpha value is -2.72. The monoisotopic (exact) mass is 406 g/mol. The number of aryl methyl sites for hydroxylation is 2. The zero-order valence-electron chi connectivity index (χ0n) is 14.7. The maximum absolute atomic E-state index is 12.8. The average molecular weight is 406 g/mol. The SMILES string of the molecule is CCc1cc(-c2ccc(S(=O)(=O)n3cnc(CC(N)=O)c3)s2)c(C)[nH]c1=O. The second-order valence-electron chi connectivity index (χ2n) is 5.98. The van der Waals surface area contributed by atoms with Crippen LogP contribution in [-0.4, -0.2) is 28.3 Å². The van der Waals surface area contributed by atoms with Crippen LogP contribution in [0.15, 0.2) is 39.7 Å². The van der Waals surface area contributed by atoms with Gasteiger partial charge in [-0.15, -0.1) is 11.3 Å². The number of imidazole rings is 1. The molecule has 0 spiro atoms. The number of amides is 1. The highest BCUT2D eigenvalue weighted by Gasteiger charge is 2.21. The van der Waals surface area contributed by atoms with Crippen molar-refractivity contribution in [1.29, 1.82) is 0 Å². The van der Waals surface area contributed by atoms with Gasteiger partial charge in [-0.2, -0.15) is 8.42 Å². The molecule has 3 heterocycles. The number of hydrogen-bond donors (Lipinski definition) is 2. The van der Waals surface area contributed by atoms with Crippen LogP contribution in [0.1, 0.15) is 23.9 Å². The smallest absolute Gasteiger partial charge is 0.278 e. The Morgan fingerprint density at radius 2 is 2.11 bits per heavy atom. The van der Waals surface area contributed by atoms with Gasteiger partial charge in [0.15, 0.2) is 0 Å². The molecule has 0 aliphatic heterocycles. The van der Waals surface area contributed by atoms with Crippen molar-refractivity contribution in [2.24, 2.45) is 5.73 Å². The molecule has 0 unspecified atom stereocenters. The number of aromatic amines is 1. The van der Waals surface area contributed by atoms with Crippen LogP contribution >= 0.6 is 11.3 Å². The van der Waals surface area contributed by atoms with E-state index in [1.165, 1.54) is 12.3 Å². The molecule has 3 aromatic rings. The minimum Gasteiger partial charge on any atom is -0.369 e. The van der Waals surface area contributed by atoms with Crippen LogP contribution in [-0.2, 0) is 27.7 Å². The minimum absolute atomic E-state index is 0.129. The zero-order chi connectivity index (χ0) is 19.8. The van der Waals surface area contributed by atoms with E-state index < -0.39 is 15.9 Å². The summed E-state index contributed by atoms with van der Waals surface area (Å²) >= 11 is 1.10. The van der Waals surface area contributed by atoms with Gasteiger partial charge in [0, 0.05) is 27.9 Å². The average Bonchev–Trinajstić information content (AvgIpc) is 3.24. The highest BCUT2D eigenvalue weighted by Crippen LogP contribution is 2.33. The number of pyridine rings is 1. The van der Waals surface area contributed by atoms with Gasteiger partial charge in [0.05, 0.1) is 12.1 Å². The molecule has 8 nitrogen and oxygen atoms in total. The fourth-order valence-corrected chi connectivity index (χ4v) is 5.28. The first-order valence-electron chi connectivity index (χ1n) is 8.12. The number of nitrogens with one attached hydrogen (secondary N) is 1. The summed E-state index contributed by atoms with van der Waals surface area (Å²) in [5.41, 5.74) is 7.36. The van der Waals surface area contributed by atoms with Crippen molar-refractivity contribution in [3.63, 3.8) is 0 Å². The topological polar surface area (TPSA) is 128 Å². The third-order valence-corrected chi connectivity index (χ3v) is 7.24. The number of thiophene rings is 1. The maximum Gasteiger partial charge on any atom is 0.278 e. The van der Waals surface area contributed by atoms with Crippen LogP contribution in [0.2, 0.25) is 0 Å². The summed E-state index contributed by atoms with van der Waals surface area (Å²) in [6, 6.07) is 5.01. The van der Waals surface area contributed by atoms with Gasteiger partial charge in [0.2, 0.25) is 5.91 Å². The third kappa shape index (κ3) is 3.71. The van der Waals surface area contributed by atoms with E-state index in [4.69, 9.17) is 5.73 Å². The molecule has 0 aliphatic rings. The van der Waals surface area contributed by atoms with Crippen LogP contribution < -0.4 is 11.3 Å². The molecule has 0 saturated carbocycles. The van der Waals surface area contributed by atoms with Gasteiger partial charge in [-0.25, -0.2) is 8.96 Å². The molecule has 0 aromatic carbocycles. The molecular formula is C17H18N4O4S2. The van der Waals surface area contributed by atoms with E-state index in [9.17, 15) is 18.0 Å². The van der Waals surface area contributed by atoms with E-state index in [2.05, 4.69) is 9.97 Å². The van der Waals surface area contributed by atoms with Crippen molar-refractivity contribution >= 4 is 27.3 Å². The van der Waals surface area contributed by atoms with Crippen LogP contribution in [0.5, 0.6) is 0 Å². The summed E-state index contributed by atoms with van der Waals surface area (Å²) < 4.78 is 26.7. The minimum atomic E-state index is -3.83. The van der Waals surface area contributed by atoms with Crippen LogP contribution in [0.25, 0.3) is 10.4 Å². The number of carbonyl (C=O) groups excluding carboxylic acids is 1. The Kier molecular flexibility index (Phi) is 5.03. The predicted octanol–water partition coefficient (Wildman–Crippen LogP) is 1.44. The summed E-state index contributed by atoms with van der Waals surface area (Å²) in [4.78, 5) is 30.3. The normalized spacial score (nSPS) is 11.6. The van der Waals surface area contributed by atoms with Gasteiger partial charge in [0.25, 0.3) is 15.6 Å². The molecular weight excluding hydrogens is 388 g/mol. The zero-order valence-corrected chi connectivity index (χ0v) is 16.4. The van der Waals surface area contributed by atoms with Crippen LogP contribution in [0.4, 0.5) is 0 Å². The standard InChI is InChI=1S/C17H18N4O4S2/c1-3-11-6-13(10(2)20-17(11)23)14-4-5-16(26-14)27(24,25)21-8-12(19-9-21)7-15(18)22/h4-6,8-9H,3,7H2,1-2H3,(H2,18,22)(H,20,23). The first-order valence-corrected chi connectivity index (χ1v) is 10.4. The third-order valence-electron chi connectivity index (χ3n) is 4.04. The largest absolute Gasteiger partial charge is 0.369 e. The molecule has 142 valence electrons. The van der Waals surface area contributed by atoms with E-state index in [1.54, 1.807) is 19.1 Å². The van der Waals surface area contributed by atoms with Crippen molar-refractivity contribution in [3.05, 3.63) is 58.0 Å². The number of rotatable bonds is 6. The lowest BCUT2D eigenvalue weighted by Crippen LogP contribution is -2.14. The molecule has 0 bridgehead atoms. The molecule has 0 saturated heterocycles. The highest BCUT2D eigenvalue weighted by atomic mass is 32.2.